The summed E-state index contributed by atoms with van der Waals surface area (Å²) in [5.41, 5.74) is -0.116. The maximum absolute atomic E-state index is 14.7. The van der Waals surface area contributed by atoms with Crippen molar-refractivity contribution in [1.29, 1.82) is 0 Å². The molecule has 6 nitrogen and oxygen atoms in total. The van der Waals surface area contributed by atoms with Crippen LogP contribution in [-0.4, -0.2) is 83.2 Å². The summed E-state index contributed by atoms with van der Waals surface area (Å²) < 4.78 is 54.9. The molecular weight excluding hydrogens is 428 g/mol. The first-order chi connectivity index (χ1) is 14.2. The second-order valence-electron chi connectivity index (χ2n) is 7.59. The maximum atomic E-state index is 14.7. The average Bonchev–Trinajstić information content (AvgIpc) is 3.23. The number of rotatable bonds is 3. The van der Waals surface area contributed by atoms with E-state index in [1.165, 1.54) is 20.8 Å². The monoisotopic (exact) mass is 446 g/mol. The molecule has 1 aromatic carbocycles. The molecule has 11 heteroatoms. The van der Waals surface area contributed by atoms with Crippen LogP contribution in [0.1, 0.15) is 16.9 Å². The molecule has 0 bridgehead atoms. The molecule has 162 valence electrons. The summed E-state index contributed by atoms with van der Waals surface area (Å²) in [7, 11) is 0. The number of hydrogen-bond donors (Lipinski definition) is 1. The molecule has 2 saturated heterocycles. The molecule has 1 aromatic heterocycles. The highest BCUT2D eigenvalue weighted by molar-refractivity contribution is 6.35. The molecular formula is C19H19ClF4N4O2. The SMILES string of the molecule is O=C(CN1CCC(F)(F)C1)N1CCN(C(=O)c2[nH]c3ccc(F)c(Cl)c3c2F)CC1. The predicted molar refractivity (Wildman–Crippen MR) is 102 cm³/mol. The number of H-pyrrole nitrogens is 1. The minimum Gasteiger partial charge on any atom is -0.348 e. The molecule has 0 atom stereocenters. The summed E-state index contributed by atoms with van der Waals surface area (Å²) in [5, 5.41) is -0.584. The summed E-state index contributed by atoms with van der Waals surface area (Å²) >= 11 is 5.82. The molecule has 2 amide bonds. The van der Waals surface area contributed by atoms with Crippen LogP contribution >= 0.6 is 11.6 Å². The molecule has 0 unspecified atom stereocenters. The van der Waals surface area contributed by atoms with Crippen molar-refractivity contribution < 1.29 is 27.2 Å². The zero-order chi connectivity index (χ0) is 21.6. The van der Waals surface area contributed by atoms with E-state index >= 15 is 0 Å². The summed E-state index contributed by atoms with van der Waals surface area (Å²) in [4.78, 5) is 32.1. The lowest BCUT2D eigenvalue weighted by molar-refractivity contribution is -0.133. The number of amides is 2. The average molecular weight is 447 g/mol. The largest absolute Gasteiger partial charge is 0.348 e. The van der Waals surface area contributed by atoms with Crippen molar-refractivity contribution in [3.8, 4) is 0 Å². The topological polar surface area (TPSA) is 59.7 Å². The fourth-order valence-electron chi connectivity index (χ4n) is 3.88. The van der Waals surface area contributed by atoms with Crippen molar-refractivity contribution in [3.63, 3.8) is 0 Å². The van der Waals surface area contributed by atoms with Crippen LogP contribution in [0.15, 0.2) is 12.1 Å². The van der Waals surface area contributed by atoms with Crippen molar-refractivity contribution in [2.24, 2.45) is 0 Å². The number of aromatic amines is 1. The second kappa shape index (κ2) is 7.73. The van der Waals surface area contributed by atoms with Crippen molar-refractivity contribution in [2.75, 3.05) is 45.8 Å². The smallest absolute Gasteiger partial charge is 0.273 e. The molecule has 30 heavy (non-hydrogen) atoms. The fourth-order valence-corrected chi connectivity index (χ4v) is 4.13. The lowest BCUT2D eigenvalue weighted by Crippen LogP contribution is -2.52. The molecule has 2 fully saturated rings. The zero-order valence-corrected chi connectivity index (χ0v) is 16.6. The van der Waals surface area contributed by atoms with E-state index in [9.17, 15) is 27.2 Å². The molecule has 1 N–H and O–H groups in total. The first kappa shape index (κ1) is 20.9. The van der Waals surface area contributed by atoms with Crippen LogP contribution in [0.4, 0.5) is 17.6 Å². The van der Waals surface area contributed by atoms with Gasteiger partial charge in [0.25, 0.3) is 11.8 Å². The molecule has 0 spiro atoms. The number of benzene rings is 1. The van der Waals surface area contributed by atoms with Gasteiger partial charge in [0, 0.05) is 39.1 Å². The van der Waals surface area contributed by atoms with Gasteiger partial charge in [0.2, 0.25) is 5.91 Å². The summed E-state index contributed by atoms with van der Waals surface area (Å²) in [6.07, 6.45) is -0.257. The molecule has 0 radical (unpaired) electrons. The molecule has 2 aromatic rings. The van der Waals surface area contributed by atoms with Crippen molar-refractivity contribution >= 4 is 34.3 Å². The van der Waals surface area contributed by atoms with Gasteiger partial charge in [-0.2, -0.15) is 0 Å². The van der Waals surface area contributed by atoms with E-state index in [1.54, 1.807) is 0 Å². The summed E-state index contributed by atoms with van der Waals surface area (Å²) in [5.74, 6) is -5.37. The molecule has 3 heterocycles. The van der Waals surface area contributed by atoms with E-state index in [1.807, 2.05) is 0 Å². The Balaban J connectivity index is 1.39. The Kier molecular flexibility index (Phi) is 5.39. The number of carbonyl (C=O) groups excluding carboxylic acids is 2. The Morgan fingerprint density at radius 2 is 1.73 bits per heavy atom. The third-order valence-corrected chi connectivity index (χ3v) is 5.90. The van der Waals surface area contributed by atoms with Gasteiger partial charge in [-0.25, -0.2) is 17.6 Å². The Labute approximate surface area is 174 Å². The van der Waals surface area contributed by atoms with Gasteiger partial charge in [0.05, 0.1) is 29.0 Å². The van der Waals surface area contributed by atoms with Crippen LogP contribution in [0.5, 0.6) is 0 Å². The van der Waals surface area contributed by atoms with Crippen LogP contribution in [-0.2, 0) is 4.79 Å². The van der Waals surface area contributed by atoms with Crippen LogP contribution in [0.2, 0.25) is 5.02 Å². The van der Waals surface area contributed by atoms with Crippen molar-refractivity contribution in [2.45, 2.75) is 12.3 Å². The lowest BCUT2D eigenvalue weighted by Gasteiger charge is -2.35. The number of carbonyl (C=O) groups is 2. The van der Waals surface area contributed by atoms with Gasteiger partial charge in [-0.15, -0.1) is 0 Å². The number of likely N-dealkylation sites (tertiary alicyclic amines) is 1. The Bertz CT molecular complexity index is 1000. The van der Waals surface area contributed by atoms with Gasteiger partial charge in [0.1, 0.15) is 11.5 Å². The van der Waals surface area contributed by atoms with E-state index in [4.69, 9.17) is 11.6 Å². The van der Waals surface area contributed by atoms with E-state index in [0.717, 1.165) is 6.07 Å². The first-order valence-electron chi connectivity index (χ1n) is 9.49. The molecule has 2 aliphatic heterocycles. The number of hydrogen-bond acceptors (Lipinski definition) is 3. The van der Waals surface area contributed by atoms with Gasteiger partial charge in [0.15, 0.2) is 5.82 Å². The van der Waals surface area contributed by atoms with Crippen molar-refractivity contribution in [1.82, 2.24) is 19.7 Å². The van der Waals surface area contributed by atoms with Crippen LogP contribution < -0.4 is 0 Å². The predicted octanol–water partition coefficient (Wildman–Crippen LogP) is 2.72. The first-order valence-corrected chi connectivity index (χ1v) is 9.86. The van der Waals surface area contributed by atoms with Crippen LogP contribution in [0.25, 0.3) is 10.9 Å². The van der Waals surface area contributed by atoms with Gasteiger partial charge >= 0.3 is 0 Å². The summed E-state index contributed by atoms with van der Waals surface area (Å²) in [6, 6.07) is 2.38. The van der Waals surface area contributed by atoms with E-state index in [-0.39, 0.29) is 68.2 Å². The molecule has 0 saturated carbocycles. The van der Waals surface area contributed by atoms with E-state index in [2.05, 4.69) is 4.98 Å². The highest BCUT2D eigenvalue weighted by Gasteiger charge is 2.39. The van der Waals surface area contributed by atoms with Gasteiger partial charge < -0.3 is 14.8 Å². The van der Waals surface area contributed by atoms with Gasteiger partial charge in [-0.1, -0.05) is 11.6 Å². The maximum Gasteiger partial charge on any atom is 0.273 e. The quantitative estimate of drug-likeness (QED) is 0.738. The van der Waals surface area contributed by atoms with E-state index < -0.39 is 35.0 Å². The Morgan fingerprint density at radius 3 is 2.37 bits per heavy atom. The zero-order valence-electron chi connectivity index (χ0n) is 15.9. The molecule has 0 aliphatic carbocycles. The van der Waals surface area contributed by atoms with Gasteiger partial charge in [-0.05, 0) is 12.1 Å². The Hall–Kier alpha value is -2.33. The second-order valence-corrected chi connectivity index (χ2v) is 7.97. The number of nitrogens with one attached hydrogen (secondary N) is 1. The molecule has 2 aliphatic rings. The minimum atomic E-state index is -2.76. The van der Waals surface area contributed by atoms with E-state index in [0.29, 0.717) is 0 Å². The lowest BCUT2D eigenvalue weighted by atomic mass is 10.2. The number of fused-ring (bicyclic) bond motifs is 1. The highest BCUT2D eigenvalue weighted by atomic mass is 35.5. The van der Waals surface area contributed by atoms with Crippen molar-refractivity contribution in [3.05, 3.63) is 34.5 Å². The standard InChI is InChI=1S/C19H19ClF4N4O2/c20-15-11(21)1-2-12-14(15)16(22)17(25-12)18(30)28-7-5-27(6-8-28)13(29)9-26-4-3-19(23,24)10-26/h1-2,25H,3-10H2. The fraction of sp³-hybridized carbons (Fsp3) is 0.474. The number of halogens is 5. The molecule has 4 rings (SSSR count). The normalized spacial score (nSPS) is 19.6. The Morgan fingerprint density at radius 1 is 1.07 bits per heavy atom. The van der Waals surface area contributed by atoms with Crippen LogP contribution in [0.3, 0.4) is 0 Å². The third kappa shape index (κ3) is 3.85. The number of aromatic nitrogens is 1. The van der Waals surface area contributed by atoms with Crippen LogP contribution in [0, 0.1) is 11.6 Å². The number of piperazine rings is 1. The minimum absolute atomic E-state index is 0.0930. The number of alkyl halides is 2. The van der Waals surface area contributed by atoms with Gasteiger partial charge in [-0.3, -0.25) is 14.5 Å². The highest BCUT2D eigenvalue weighted by Crippen LogP contribution is 2.31. The third-order valence-electron chi connectivity index (χ3n) is 5.53. The summed E-state index contributed by atoms with van der Waals surface area (Å²) in [6.45, 7) is 0.400. The number of nitrogens with zero attached hydrogens (tertiary/aromatic N) is 3.